The molecule has 0 radical (unpaired) electrons. The Morgan fingerprint density at radius 3 is 2.87 bits per heavy atom. The molecular formula is C22H17F2N3O3. The average molecular weight is 409 g/mol. The maximum atomic E-state index is 12.4. The first-order valence-corrected chi connectivity index (χ1v) is 9.15. The maximum Gasteiger partial charge on any atom is 0.241 e. The molecule has 2 aromatic heterocycles. The summed E-state index contributed by atoms with van der Waals surface area (Å²) < 4.78 is 41.3. The summed E-state index contributed by atoms with van der Waals surface area (Å²) in [4.78, 5) is 4.32. The predicted octanol–water partition coefficient (Wildman–Crippen LogP) is 5.64. The van der Waals surface area contributed by atoms with E-state index in [-0.39, 0.29) is 13.0 Å². The lowest BCUT2D eigenvalue weighted by Gasteiger charge is -2.15. The van der Waals surface area contributed by atoms with Gasteiger partial charge in [0.15, 0.2) is 17.1 Å². The number of furan rings is 1. The first-order chi connectivity index (χ1) is 14.6. The van der Waals surface area contributed by atoms with Crippen molar-refractivity contribution in [3.63, 3.8) is 0 Å². The fourth-order valence-electron chi connectivity index (χ4n) is 3.18. The standard InChI is InChI=1S/C22H17F2N3O3/c1-28-18-9-15-17(10-19(18)29-8-6-20(23)24)26-12-14(11-25)21(15)27-16-4-2-3-13-5-7-30-22(13)16/h2-5,7,9-10,12,20H,6,8H2,1H3,(H,26,27). The summed E-state index contributed by atoms with van der Waals surface area (Å²) in [5.74, 6) is 0.662. The van der Waals surface area contributed by atoms with Gasteiger partial charge < -0.3 is 19.2 Å². The Morgan fingerprint density at radius 1 is 1.23 bits per heavy atom. The van der Waals surface area contributed by atoms with Gasteiger partial charge in [-0.2, -0.15) is 5.26 Å². The molecule has 2 heterocycles. The Labute approximate surface area is 170 Å². The molecule has 4 rings (SSSR count). The molecular weight excluding hydrogens is 392 g/mol. The van der Waals surface area contributed by atoms with E-state index in [1.54, 1.807) is 18.4 Å². The number of rotatable bonds is 7. The van der Waals surface area contributed by atoms with Gasteiger partial charge in [0.25, 0.3) is 0 Å². The van der Waals surface area contributed by atoms with E-state index < -0.39 is 6.43 Å². The lowest BCUT2D eigenvalue weighted by molar-refractivity contribution is 0.113. The van der Waals surface area contributed by atoms with Crippen molar-refractivity contribution in [3.05, 3.63) is 54.4 Å². The van der Waals surface area contributed by atoms with E-state index in [1.165, 1.54) is 13.3 Å². The van der Waals surface area contributed by atoms with E-state index in [9.17, 15) is 14.0 Å². The number of pyridine rings is 1. The highest BCUT2D eigenvalue weighted by Gasteiger charge is 2.16. The van der Waals surface area contributed by atoms with Crippen molar-refractivity contribution in [1.29, 1.82) is 5.26 Å². The zero-order valence-corrected chi connectivity index (χ0v) is 16.0. The Bertz CT molecular complexity index is 1250. The normalized spacial score (nSPS) is 11.0. The summed E-state index contributed by atoms with van der Waals surface area (Å²) in [6, 6.07) is 12.9. The molecule has 0 saturated carbocycles. The average Bonchev–Trinajstić information content (AvgIpc) is 3.23. The molecule has 0 fully saturated rings. The van der Waals surface area contributed by atoms with E-state index in [0.29, 0.717) is 44.9 Å². The van der Waals surface area contributed by atoms with Crippen molar-refractivity contribution in [2.24, 2.45) is 0 Å². The van der Waals surface area contributed by atoms with Crippen LogP contribution in [0.25, 0.3) is 21.9 Å². The number of alkyl halides is 2. The zero-order valence-electron chi connectivity index (χ0n) is 16.0. The van der Waals surface area contributed by atoms with Crippen LogP contribution in [0.4, 0.5) is 20.2 Å². The lowest BCUT2D eigenvalue weighted by atomic mass is 10.1. The van der Waals surface area contributed by atoms with E-state index >= 15 is 0 Å². The van der Waals surface area contributed by atoms with Gasteiger partial charge >= 0.3 is 0 Å². The molecule has 0 aliphatic carbocycles. The molecule has 0 unspecified atom stereocenters. The summed E-state index contributed by atoms with van der Waals surface area (Å²) in [7, 11) is 1.46. The SMILES string of the molecule is COc1cc2c(Nc3cccc4ccoc34)c(C#N)cnc2cc1OCCC(F)F. The van der Waals surface area contributed by atoms with Crippen LogP contribution in [-0.2, 0) is 0 Å². The topological polar surface area (TPSA) is 80.3 Å². The van der Waals surface area contributed by atoms with E-state index in [0.717, 1.165) is 5.39 Å². The Morgan fingerprint density at radius 2 is 2.10 bits per heavy atom. The van der Waals surface area contributed by atoms with Gasteiger partial charge in [-0.05, 0) is 18.2 Å². The van der Waals surface area contributed by atoms with Gasteiger partial charge in [0, 0.05) is 29.5 Å². The van der Waals surface area contributed by atoms with Gasteiger partial charge in [0.1, 0.15) is 6.07 Å². The fraction of sp³-hybridized carbons (Fsp3) is 0.182. The van der Waals surface area contributed by atoms with E-state index in [2.05, 4.69) is 16.4 Å². The fourth-order valence-corrected chi connectivity index (χ4v) is 3.18. The predicted molar refractivity (Wildman–Crippen MR) is 109 cm³/mol. The van der Waals surface area contributed by atoms with Gasteiger partial charge in [-0.1, -0.05) is 12.1 Å². The molecule has 0 bridgehead atoms. The van der Waals surface area contributed by atoms with Crippen LogP contribution < -0.4 is 14.8 Å². The number of methoxy groups -OCH3 is 1. The molecule has 30 heavy (non-hydrogen) atoms. The molecule has 0 aliphatic rings. The quantitative estimate of drug-likeness (QED) is 0.426. The van der Waals surface area contributed by atoms with E-state index in [1.807, 2.05) is 24.3 Å². The van der Waals surface area contributed by atoms with Crippen LogP contribution >= 0.6 is 0 Å². The molecule has 0 atom stereocenters. The third-order valence-electron chi connectivity index (χ3n) is 4.61. The minimum Gasteiger partial charge on any atom is -0.493 e. The summed E-state index contributed by atoms with van der Waals surface area (Å²) >= 11 is 0. The molecule has 0 spiro atoms. The van der Waals surface area contributed by atoms with E-state index in [4.69, 9.17) is 13.9 Å². The van der Waals surface area contributed by atoms with Crippen molar-refractivity contribution >= 4 is 33.2 Å². The largest absolute Gasteiger partial charge is 0.493 e. The molecule has 8 heteroatoms. The molecule has 6 nitrogen and oxygen atoms in total. The first kappa shape index (κ1) is 19.5. The van der Waals surface area contributed by atoms with Gasteiger partial charge in [-0.15, -0.1) is 0 Å². The third-order valence-corrected chi connectivity index (χ3v) is 4.61. The van der Waals surface area contributed by atoms with Crippen LogP contribution in [0.15, 0.2) is 53.3 Å². The summed E-state index contributed by atoms with van der Waals surface area (Å²) in [5.41, 5.74) is 2.74. The number of hydrogen-bond donors (Lipinski definition) is 1. The number of nitrogens with one attached hydrogen (secondary N) is 1. The highest BCUT2D eigenvalue weighted by Crippen LogP contribution is 2.38. The van der Waals surface area contributed by atoms with Crippen molar-refractivity contribution in [1.82, 2.24) is 4.98 Å². The van der Waals surface area contributed by atoms with Crippen molar-refractivity contribution < 1.29 is 22.7 Å². The van der Waals surface area contributed by atoms with Crippen LogP contribution in [0.5, 0.6) is 11.5 Å². The Kier molecular flexibility index (Phi) is 5.35. The number of benzene rings is 2. The Balaban J connectivity index is 1.80. The number of para-hydroxylation sites is 1. The minimum absolute atomic E-state index is 0.151. The summed E-state index contributed by atoms with van der Waals surface area (Å²) in [5, 5.41) is 14.4. The second-order valence-electron chi connectivity index (χ2n) is 6.48. The number of halogens is 2. The highest BCUT2D eigenvalue weighted by molar-refractivity contribution is 6.00. The molecule has 4 aromatic rings. The minimum atomic E-state index is -2.45. The first-order valence-electron chi connectivity index (χ1n) is 9.15. The smallest absolute Gasteiger partial charge is 0.241 e. The lowest BCUT2D eigenvalue weighted by Crippen LogP contribution is -2.04. The van der Waals surface area contributed by atoms with Crippen LogP contribution in [-0.4, -0.2) is 25.1 Å². The number of nitriles is 1. The highest BCUT2D eigenvalue weighted by atomic mass is 19.3. The monoisotopic (exact) mass is 409 g/mol. The van der Waals surface area contributed by atoms with Crippen molar-refractivity contribution in [3.8, 4) is 17.6 Å². The van der Waals surface area contributed by atoms with Crippen LogP contribution in [0.2, 0.25) is 0 Å². The number of aromatic nitrogens is 1. The van der Waals surface area contributed by atoms with Crippen LogP contribution in [0, 0.1) is 11.3 Å². The maximum absolute atomic E-state index is 12.4. The summed E-state index contributed by atoms with van der Waals surface area (Å²) in [6.45, 7) is -0.151. The number of nitrogens with zero attached hydrogens (tertiary/aromatic N) is 2. The molecule has 0 amide bonds. The summed E-state index contributed by atoms with van der Waals surface area (Å²) in [6.07, 6.45) is 0.204. The molecule has 2 aromatic carbocycles. The molecule has 1 N–H and O–H groups in total. The third kappa shape index (κ3) is 3.70. The Hall–Kier alpha value is -3.86. The molecule has 0 saturated heterocycles. The van der Waals surface area contributed by atoms with Gasteiger partial charge in [-0.3, -0.25) is 4.98 Å². The molecule has 152 valence electrons. The van der Waals surface area contributed by atoms with Crippen molar-refractivity contribution in [2.75, 3.05) is 19.0 Å². The number of fused-ring (bicyclic) bond motifs is 2. The second kappa shape index (κ2) is 8.25. The zero-order chi connectivity index (χ0) is 21.1. The van der Waals surface area contributed by atoms with Crippen LogP contribution in [0.3, 0.4) is 0 Å². The van der Waals surface area contributed by atoms with Gasteiger partial charge in [0.2, 0.25) is 6.43 Å². The van der Waals surface area contributed by atoms with Gasteiger partial charge in [-0.25, -0.2) is 8.78 Å². The second-order valence-corrected chi connectivity index (χ2v) is 6.48. The molecule has 0 aliphatic heterocycles. The van der Waals surface area contributed by atoms with Gasteiger partial charge in [0.05, 0.1) is 42.4 Å². The van der Waals surface area contributed by atoms with Crippen molar-refractivity contribution in [2.45, 2.75) is 12.8 Å². The number of hydrogen-bond acceptors (Lipinski definition) is 6. The number of anilines is 2. The van der Waals surface area contributed by atoms with Crippen LogP contribution in [0.1, 0.15) is 12.0 Å². The number of ether oxygens (including phenoxy) is 2.